The molecule has 56 heavy (non-hydrogen) atoms. The Balaban J connectivity index is 0.00000363. The molecule has 0 amide bonds. The van der Waals surface area contributed by atoms with Crippen LogP contribution in [0.1, 0.15) is 37.7 Å². The number of allylic oxidation sites excluding steroid dienone is 5. The molecule has 4 fully saturated rings. The summed E-state index contributed by atoms with van der Waals surface area (Å²) in [6.45, 7) is 2.20. The monoisotopic (exact) mass is 907 g/mol. The van der Waals surface area contributed by atoms with E-state index in [1.807, 2.05) is 43.1 Å². The molecule has 3 aliphatic heterocycles. The smallest absolute Gasteiger partial charge is 0.316 e. The average molecular weight is 908 g/mol. The number of fused-ring (bicyclic) bond motifs is 5. The van der Waals surface area contributed by atoms with Gasteiger partial charge in [-0.3, -0.25) is 0 Å². The molecular formula is C48H39BN5OPt-3. The number of nitrogens with one attached hydrogen (secondary N) is 1. The van der Waals surface area contributed by atoms with Crippen molar-refractivity contribution < 1.29 is 25.8 Å². The quantitative estimate of drug-likeness (QED) is 0.133. The van der Waals surface area contributed by atoms with Crippen LogP contribution in [0.15, 0.2) is 145 Å². The fraction of sp³-hybridized carbons (Fsp3) is 0.208. The third-order valence-corrected chi connectivity index (χ3v) is 13.5. The standard InChI is InChI=1S/C48H39BN5O.Pt/c1-3-13-43-40(11-1)41-17-16-39(55-38-10-7-9-37(29-38)53-31-51-42-12-2-4-14-44(42)53)30-45(41)54(43)47-28-34(18-20-50-47)48(35-24-32-23-33(26-35)27-36(48)25-32)46-15-8-22-52-21-6-5-19-49(46)52;/h1-22,28,31-33,35-36,51H,23-27H2;/q-3;. The van der Waals surface area contributed by atoms with Crippen molar-refractivity contribution >= 4 is 45.7 Å². The molecule has 4 bridgehead atoms. The molecule has 2 aromatic heterocycles. The SMILES string of the molecule is [Pt].[c-]1c(Oc2[c-]c3c(cc2)c2ccccc2n3-c2cc(C3(C4=CC=CN5C=CC=CB45)C4CC5CC(C4)CC3C5)ccn2)cccc1N1[CH-]Nc2ccccc21. The van der Waals surface area contributed by atoms with Crippen LogP contribution in [0.4, 0.5) is 17.1 Å². The van der Waals surface area contributed by atoms with Gasteiger partial charge in [-0.05, 0) is 122 Å². The molecule has 278 valence electrons. The van der Waals surface area contributed by atoms with E-state index >= 15 is 0 Å². The summed E-state index contributed by atoms with van der Waals surface area (Å²) in [5, 5.41) is 5.66. The van der Waals surface area contributed by atoms with Crippen molar-refractivity contribution in [2.24, 2.45) is 23.7 Å². The molecule has 4 saturated carbocycles. The molecule has 0 unspecified atom stereocenters. The summed E-state index contributed by atoms with van der Waals surface area (Å²) in [4.78, 5) is 9.65. The third kappa shape index (κ3) is 5.09. The van der Waals surface area contributed by atoms with Gasteiger partial charge >= 0.3 is 6.85 Å². The number of para-hydroxylation sites is 3. The number of pyridine rings is 1. The van der Waals surface area contributed by atoms with E-state index in [9.17, 15) is 0 Å². The average Bonchev–Trinajstić information content (AvgIpc) is 3.80. The Morgan fingerprint density at radius 1 is 0.786 bits per heavy atom. The minimum Gasteiger partial charge on any atom is -0.514 e. The van der Waals surface area contributed by atoms with E-state index in [0.717, 1.165) is 51.1 Å². The molecule has 13 rings (SSSR count). The second-order valence-corrected chi connectivity index (χ2v) is 16.3. The van der Waals surface area contributed by atoms with Crippen LogP contribution in [0.5, 0.6) is 11.5 Å². The Hall–Kier alpha value is -5.26. The van der Waals surface area contributed by atoms with Gasteiger partial charge in [-0.2, -0.15) is 18.8 Å². The minimum atomic E-state index is -0.0469. The first-order valence-electron chi connectivity index (χ1n) is 19.8. The Bertz CT molecular complexity index is 2630. The van der Waals surface area contributed by atoms with E-state index in [1.54, 1.807) is 5.47 Å². The molecule has 1 N–H and O–H groups in total. The maximum absolute atomic E-state index is 6.55. The van der Waals surface area contributed by atoms with E-state index < -0.39 is 0 Å². The van der Waals surface area contributed by atoms with Crippen molar-refractivity contribution in [1.82, 2.24) is 14.4 Å². The van der Waals surface area contributed by atoms with Gasteiger partial charge in [0.05, 0.1) is 0 Å². The normalized spacial score (nSPS) is 25.3. The zero-order valence-electron chi connectivity index (χ0n) is 30.8. The Kier molecular flexibility index (Phi) is 8.00. The van der Waals surface area contributed by atoms with E-state index in [4.69, 9.17) is 9.72 Å². The molecule has 0 saturated heterocycles. The van der Waals surface area contributed by atoms with Gasteiger partial charge in [0.25, 0.3) is 0 Å². The third-order valence-electron chi connectivity index (χ3n) is 13.5. The summed E-state index contributed by atoms with van der Waals surface area (Å²) < 4.78 is 8.86. The molecular weight excluding hydrogens is 868 g/mol. The number of hydrogen-bond donors (Lipinski definition) is 1. The van der Waals surface area contributed by atoms with Crippen LogP contribution in [0.3, 0.4) is 0 Å². The van der Waals surface area contributed by atoms with E-state index in [0.29, 0.717) is 23.3 Å². The van der Waals surface area contributed by atoms with Crippen molar-refractivity contribution in [2.75, 3.05) is 10.2 Å². The van der Waals surface area contributed by atoms with Gasteiger partial charge in [0.2, 0.25) is 0 Å². The van der Waals surface area contributed by atoms with Crippen molar-refractivity contribution in [2.45, 2.75) is 37.5 Å². The van der Waals surface area contributed by atoms with E-state index in [1.165, 1.54) is 43.1 Å². The van der Waals surface area contributed by atoms with Crippen LogP contribution in [0.2, 0.25) is 0 Å². The fourth-order valence-electron chi connectivity index (χ4n) is 11.6. The predicted octanol–water partition coefficient (Wildman–Crippen LogP) is 10.9. The number of nitrogens with zero attached hydrogens (tertiary/aromatic N) is 4. The van der Waals surface area contributed by atoms with Gasteiger partial charge in [-0.25, -0.2) is 4.98 Å². The molecule has 0 radical (unpaired) electrons. The summed E-state index contributed by atoms with van der Waals surface area (Å²) in [5.41, 5.74) is 8.04. The van der Waals surface area contributed by atoms with E-state index in [-0.39, 0.29) is 33.3 Å². The first-order valence-corrected chi connectivity index (χ1v) is 19.8. The van der Waals surface area contributed by atoms with Crippen LogP contribution >= 0.6 is 0 Å². The van der Waals surface area contributed by atoms with Crippen LogP contribution in [-0.2, 0) is 26.5 Å². The summed E-state index contributed by atoms with van der Waals surface area (Å²) in [5.74, 6) is 7.57. The largest absolute Gasteiger partial charge is 0.514 e. The molecule has 0 spiro atoms. The zero-order chi connectivity index (χ0) is 36.1. The molecule has 4 aliphatic carbocycles. The van der Waals surface area contributed by atoms with Crippen molar-refractivity contribution in [3.8, 4) is 17.3 Å². The van der Waals surface area contributed by atoms with Crippen LogP contribution in [0, 0.1) is 42.5 Å². The maximum atomic E-state index is 6.55. The molecule has 7 aliphatic rings. The molecule has 5 heterocycles. The summed E-state index contributed by atoms with van der Waals surface area (Å²) in [6.07, 6.45) is 22.4. The molecule has 8 heteroatoms. The second kappa shape index (κ2) is 13.2. The van der Waals surface area contributed by atoms with Crippen molar-refractivity contribution in [3.63, 3.8) is 0 Å². The number of anilines is 3. The minimum absolute atomic E-state index is 0. The summed E-state index contributed by atoms with van der Waals surface area (Å²) in [7, 11) is 0. The number of aromatic nitrogens is 2. The fourth-order valence-corrected chi connectivity index (χ4v) is 11.6. The first-order chi connectivity index (χ1) is 27.2. The Labute approximate surface area is 342 Å². The molecule has 6 nitrogen and oxygen atoms in total. The van der Waals surface area contributed by atoms with Crippen molar-refractivity contribution in [3.05, 3.63) is 170 Å². The first kappa shape index (κ1) is 34.0. The summed E-state index contributed by atoms with van der Waals surface area (Å²) in [6, 6.07) is 39.1. The molecule has 0 atom stereocenters. The van der Waals surface area contributed by atoms with Gasteiger partial charge in [-0.15, -0.1) is 41.4 Å². The number of rotatable bonds is 6. The molecule has 4 aromatic carbocycles. The van der Waals surface area contributed by atoms with E-state index in [2.05, 4.69) is 135 Å². The van der Waals surface area contributed by atoms with Gasteiger partial charge in [0, 0.05) is 61.1 Å². The number of ether oxygens (including phenoxy) is 1. The number of hydrogen-bond acceptors (Lipinski definition) is 5. The molecule has 6 aromatic rings. The predicted molar refractivity (Wildman–Crippen MR) is 221 cm³/mol. The van der Waals surface area contributed by atoms with Gasteiger partial charge in [-0.1, -0.05) is 59.4 Å². The van der Waals surface area contributed by atoms with Gasteiger partial charge in [0.15, 0.2) is 0 Å². The van der Waals surface area contributed by atoms with Gasteiger partial charge in [0.1, 0.15) is 5.82 Å². The summed E-state index contributed by atoms with van der Waals surface area (Å²) >= 11 is 0. The zero-order valence-corrected chi connectivity index (χ0v) is 33.1. The van der Waals surface area contributed by atoms with Crippen LogP contribution < -0.4 is 15.0 Å². The number of benzene rings is 4. The topological polar surface area (TPSA) is 45.6 Å². The van der Waals surface area contributed by atoms with Gasteiger partial charge < -0.3 is 24.3 Å². The maximum Gasteiger partial charge on any atom is 0.316 e. The van der Waals surface area contributed by atoms with Crippen LogP contribution in [0.25, 0.3) is 27.6 Å². The van der Waals surface area contributed by atoms with Crippen LogP contribution in [-0.4, -0.2) is 21.2 Å². The van der Waals surface area contributed by atoms with Crippen molar-refractivity contribution in [1.29, 1.82) is 0 Å². The second-order valence-electron chi connectivity index (χ2n) is 16.3. The Morgan fingerprint density at radius 2 is 1.59 bits per heavy atom. The Morgan fingerprint density at radius 3 is 2.48 bits per heavy atom.